The fourth-order valence-corrected chi connectivity index (χ4v) is 16.0. The van der Waals surface area contributed by atoms with Gasteiger partial charge in [-0.3, -0.25) is 0 Å². The fourth-order valence-electron chi connectivity index (χ4n) is 10.9. The highest BCUT2D eigenvalue weighted by molar-refractivity contribution is 7.22. The van der Waals surface area contributed by atoms with Crippen molar-refractivity contribution in [2.45, 2.75) is 0 Å². The van der Waals surface area contributed by atoms with E-state index in [1.54, 1.807) is 0 Å². The van der Waals surface area contributed by atoms with Crippen LogP contribution >= 0.6 is 0 Å². The molecular formula is C60H40N2Si. The summed E-state index contributed by atoms with van der Waals surface area (Å²) in [7, 11) is -2.80. The van der Waals surface area contributed by atoms with Gasteiger partial charge in [0.15, 0.2) is 8.07 Å². The van der Waals surface area contributed by atoms with Gasteiger partial charge in [0.2, 0.25) is 0 Å². The van der Waals surface area contributed by atoms with E-state index in [0.29, 0.717) is 0 Å². The lowest BCUT2D eigenvalue weighted by atomic mass is 10.1. The van der Waals surface area contributed by atoms with Crippen LogP contribution < -0.4 is 20.7 Å². The second-order valence-electron chi connectivity index (χ2n) is 16.8. The van der Waals surface area contributed by atoms with Crippen LogP contribution in [0.15, 0.2) is 243 Å². The average molecular weight is 817 g/mol. The first-order valence-corrected chi connectivity index (χ1v) is 23.8. The van der Waals surface area contributed by atoms with Crippen LogP contribution in [0.4, 0.5) is 0 Å². The van der Waals surface area contributed by atoms with E-state index in [9.17, 15) is 0 Å². The molecule has 0 bridgehead atoms. The maximum Gasteiger partial charge on any atom is 0.180 e. The standard InChI is InChI=1S/C60H40N2Si/c1-3-15-41(16-4-1)43-27-33-47(34-28-43)63(48-35-29-44(30-36-48)42-17-5-2-6-18-42)59-26-14-10-22-53(59)54-39-45(32-38-60(54)63)62-57-25-13-9-21-51(57)52-37-31-46(40-58(52)62)61-55-23-11-7-19-49(55)50-20-8-12-24-56(50)61/h1-40H. The predicted octanol–water partition coefficient (Wildman–Crippen LogP) is 12.6. The van der Waals surface area contributed by atoms with Crippen molar-refractivity contribution in [1.29, 1.82) is 0 Å². The predicted molar refractivity (Wildman–Crippen MR) is 269 cm³/mol. The smallest absolute Gasteiger partial charge is 0.180 e. The lowest BCUT2D eigenvalue weighted by molar-refractivity contribution is 1.16. The molecule has 0 atom stereocenters. The Bertz CT molecular complexity index is 3570. The van der Waals surface area contributed by atoms with Gasteiger partial charge in [0.05, 0.1) is 22.1 Å². The van der Waals surface area contributed by atoms with Crippen molar-refractivity contribution in [3.63, 3.8) is 0 Å². The first-order chi connectivity index (χ1) is 31.3. The van der Waals surface area contributed by atoms with Gasteiger partial charge in [-0.25, -0.2) is 0 Å². The Morgan fingerprint density at radius 1 is 0.254 bits per heavy atom. The van der Waals surface area contributed by atoms with Crippen LogP contribution in [0.3, 0.4) is 0 Å². The molecule has 3 heterocycles. The summed E-state index contributed by atoms with van der Waals surface area (Å²) in [4.78, 5) is 0. The van der Waals surface area contributed by atoms with E-state index in [1.165, 1.54) is 97.7 Å². The molecule has 0 radical (unpaired) electrons. The van der Waals surface area contributed by atoms with Crippen LogP contribution in [0, 0.1) is 0 Å². The summed E-state index contributed by atoms with van der Waals surface area (Å²) in [5, 5.41) is 10.7. The molecule has 10 aromatic carbocycles. The molecule has 0 aliphatic carbocycles. The van der Waals surface area contributed by atoms with Crippen molar-refractivity contribution < 1.29 is 0 Å². The molecule has 2 nitrogen and oxygen atoms in total. The minimum Gasteiger partial charge on any atom is -0.309 e. The summed E-state index contributed by atoms with van der Waals surface area (Å²) in [6.45, 7) is 0. The number of hydrogen-bond donors (Lipinski definition) is 0. The largest absolute Gasteiger partial charge is 0.309 e. The Hall–Kier alpha value is -7.98. The van der Waals surface area contributed by atoms with E-state index < -0.39 is 8.07 Å². The van der Waals surface area contributed by atoms with Gasteiger partial charge >= 0.3 is 0 Å². The zero-order valence-corrected chi connectivity index (χ0v) is 35.5. The van der Waals surface area contributed by atoms with Crippen molar-refractivity contribution >= 4 is 72.4 Å². The van der Waals surface area contributed by atoms with Crippen molar-refractivity contribution in [3.8, 4) is 44.8 Å². The Balaban J connectivity index is 1.04. The van der Waals surface area contributed by atoms with E-state index in [0.717, 1.165) is 11.4 Å². The van der Waals surface area contributed by atoms with Crippen LogP contribution in [0.2, 0.25) is 0 Å². The van der Waals surface area contributed by atoms with Gasteiger partial charge in [-0.05, 0) is 96.6 Å². The van der Waals surface area contributed by atoms with E-state index >= 15 is 0 Å². The molecule has 0 saturated carbocycles. The molecule has 1 aliphatic rings. The topological polar surface area (TPSA) is 9.86 Å². The SMILES string of the molecule is c1ccc(-c2ccc([Si]3(c4ccc(-c5ccccc5)cc4)c4ccccc4-c4cc(-n5c6ccccc6c6ccc(-n7c8ccccc8c8ccccc87)cc65)ccc43)cc2)cc1. The highest BCUT2D eigenvalue weighted by Crippen LogP contribution is 2.38. The summed E-state index contributed by atoms with van der Waals surface area (Å²) in [6.07, 6.45) is 0. The molecule has 0 saturated heterocycles. The summed E-state index contributed by atoms with van der Waals surface area (Å²) in [5.41, 5.74) is 14.7. The Morgan fingerprint density at radius 2 is 0.651 bits per heavy atom. The first-order valence-electron chi connectivity index (χ1n) is 21.8. The zero-order chi connectivity index (χ0) is 41.5. The minimum absolute atomic E-state index is 1.15. The number of nitrogens with zero attached hydrogens (tertiary/aromatic N) is 2. The van der Waals surface area contributed by atoms with Crippen molar-refractivity contribution in [3.05, 3.63) is 243 Å². The lowest BCUT2D eigenvalue weighted by Crippen LogP contribution is -2.72. The molecule has 0 spiro atoms. The third-order valence-electron chi connectivity index (χ3n) is 13.6. The van der Waals surface area contributed by atoms with Gasteiger partial charge < -0.3 is 9.13 Å². The van der Waals surface area contributed by atoms with E-state index in [-0.39, 0.29) is 0 Å². The Morgan fingerprint density at radius 3 is 1.21 bits per heavy atom. The second kappa shape index (κ2) is 14.0. The number of aromatic nitrogens is 2. The fraction of sp³-hybridized carbons (Fsp3) is 0. The zero-order valence-electron chi connectivity index (χ0n) is 34.5. The number of benzene rings is 10. The number of para-hydroxylation sites is 3. The highest BCUT2D eigenvalue weighted by atomic mass is 28.3. The molecule has 0 N–H and O–H groups in total. The van der Waals surface area contributed by atoms with E-state index in [2.05, 4.69) is 252 Å². The van der Waals surface area contributed by atoms with Crippen molar-refractivity contribution in [2.75, 3.05) is 0 Å². The van der Waals surface area contributed by atoms with Crippen LogP contribution in [0.1, 0.15) is 0 Å². The molecule has 12 aromatic rings. The first kappa shape index (κ1) is 35.7. The molecule has 0 unspecified atom stereocenters. The quantitative estimate of drug-likeness (QED) is 0.148. The van der Waals surface area contributed by atoms with Gasteiger partial charge in [0.25, 0.3) is 0 Å². The van der Waals surface area contributed by atoms with Gasteiger partial charge in [-0.2, -0.15) is 0 Å². The minimum atomic E-state index is -2.80. The van der Waals surface area contributed by atoms with Gasteiger partial charge in [-0.1, -0.05) is 200 Å². The van der Waals surface area contributed by atoms with Gasteiger partial charge in [0.1, 0.15) is 0 Å². The van der Waals surface area contributed by atoms with Crippen LogP contribution in [-0.4, -0.2) is 17.2 Å². The lowest BCUT2D eigenvalue weighted by Gasteiger charge is -2.31. The molecule has 63 heavy (non-hydrogen) atoms. The number of hydrogen-bond acceptors (Lipinski definition) is 0. The van der Waals surface area contributed by atoms with E-state index in [1.807, 2.05) is 0 Å². The third kappa shape index (κ3) is 5.30. The molecule has 13 rings (SSSR count). The molecule has 1 aliphatic heterocycles. The molecule has 294 valence electrons. The van der Waals surface area contributed by atoms with Crippen molar-refractivity contribution in [1.82, 2.24) is 9.13 Å². The summed E-state index contributed by atoms with van der Waals surface area (Å²) >= 11 is 0. The Kier molecular flexibility index (Phi) is 7.96. The maximum absolute atomic E-state index is 2.80. The highest BCUT2D eigenvalue weighted by Gasteiger charge is 2.48. The second-order valence-corrected chi connectivity index (χ2v) is 20.6. The van der Waals surface area contributed by atoms with Crippen LogP contribution in [-0.2, 0) is 0 Å². The van der Waals surface area contributed by atoms with Crippen LogP contribution in [0.25, 0.3) is 88.4 Å². The van der Waals surface area contributed by atoms with Gasteiger partial charge in [-0.15, -0.1) is 0 Å². The Labute approximate surface area is 367 Å². The van der Waals surface area contributed by atoms with Crippen LogP contribution in [0.5, 0.6) is 0 Å². The third-order valence-corrected chi connectivity index (χ3v) is 18.5. The monoisotopic (exact) mass is 816 g/mol. The average Bonchev–Trinajstić information content (AvgIpc) is 3.98. The summed E-state index contributed by atoms with van der Waals surface area (Å²) < 4.78 is 4.92. The van der Waals surface area contributed by atoms with Crippen molar-refractivity contribution in [2.24, 2.45) is 0 Å². The normalized spacial score (nSPS) is 12.9. The number of rotatable bonds is 6. The van der Waals surface area contributed by atoms with E-state index in [4.69, 9.17) is 0 Å². The molecule has 2 aromatic heterocycles. The molecule has 0 fully saturated rings. The molecule has 3 heteroatoms. The summed E-state index contributed by atoms with van der Waals surface area (Å²) in [5.74, 6) is 0. The maximum atomic E-state index is 2.50. The van der Waals surface area contributed by atoms with Gasteiger partial charge in [0, 0.05) is 32.9 Å². The molecular weight excluding hydrogens is 777 g/mol. The number of fused-ring (bicyclic) bond motifs is 9. The summed E-state index contributed by atoms with van der Waals surface area (Å²) in [6, 6.07) is 90.5. The molecule has 0 amide bonds.